The van der Waals surface area contributed by atoms with E-state index in [0.29, 0.717) is 13.1 Å². The van der Waals surface area contributed by atoms with E-state index in [-0.39, 0.29) is 36.2 Å². The second kappa shape index (κ2) is 9.53. The number of para-hydroxylation sites is 1. The molecule has 0 radical (unpaired) electrons. The molecule has 0 aliphatic carbocycles. The van der Waals surface area contributed by atoms with Gasteiger partial charge in [-0.2, -0.15) is 0 Å². The van der Waals surface area contributed by atoms with Gasteiger partial charge in [-0.15, -0.1) is 0 Å². The number of fused-ring (bicyclic) bond motifs is 3. The van der Waals surface area contributed by atoms with E-state index in [1.54, 1.807) is 0 Å². The van der Waals surface area contributed by atoms with Crippen LogP contribution in [0.15, 0.2) is 24.3 Å². The first-order chi connectivity index (χ1) is 17.4. The number of carbonyl (C=O) groups excluding carboxylic acids is 2. The fraction of sp³-hybridized carbons (Fsp3) is 0.655. The van der Waals surface area contributed by atoms with Crippen molar-refractivity contribution >= 4 is 23.1 Å². The molecule has 3 aliphatic heterocycles. The van der Waals surface area contributed by atoms with Crippen LogP contribution in [0.2, 0.25) is 0 Å². The molecule has 37 heavy (non-hydrogen) atoms. The summed E-state index contributed by atoms with van der Waals surface area (Å²) in [5.74, 6) is 0.133. The van der Waals surface area contributed by atoms with Crippen LogP contribution in [-0.4, -0.2) is 69.9 Å². The smallest absolute Gasteiger partial charge is 0.410 e. The van der Waals surface area contributed by atoms with Crippen LogP contribution >= 0.6 is 0 Å². The quantitative estimate of drug-likeness (QED) is 0.542. The lowest BCUT2D eigenvalue weighted by Crippen LogP contribution is -2.51. The summed E-state index contributed by atoms with van der Waals surface area (Å²) in [6, 6.07) is 8.46. The van der Waals surface area contributed by atoms with Crippen molar-refractivity contribution in [3.8, 4) is 0 Å². The van der Waals surface area contributed by atoms with E-state index in [0.717, 1.165) is 43.4 Å². The Kier molecular flexibility index (Phi) is 6.67. The van der Waals surface area contributed by atoms with Crippen LogP contribution in [0.3, 0.4) is 0 Å². The molecule has 5 rings (SSSR count). The van der Waals surface area contributed by atoms with Crippen LogP contribution in [0.4, 0.5) is 9.59 Å². The molecule has 2 fully saturated rings. The molecule has 8 heteroatoms. The summed E-state index contributed by atoms with van der Waals surface area (Å²) in [7, 11) is 0. The second-order valence-corrected chi connectivity index (χ2v) is 12.8. The summed E-state index contributed by atoms with van der Waals surface area (Å²) >= 11 is 0. The molecule has 2 aromatic rings. The lowest BCUT2D eigenvalue weighted by atomic mass is 9.81. The van der Waals surface area contributed by atoms with Crippen LogP contribution in [-0.2, 0) is 9.47 Å². The van der Waals surface area contributed by atoms with E-state index >= 15 is 0 Å². The summed E-state index contributed by atoms with van der Waals surface area (Å²) in [5, 5.41) is 5.00. The Labute approximate surface area is 220 Å². The van der Waals surface area contributed by atoms with Crippen molar-refractivity contribution in [3.05, 3.63) is 35.5 Å². The van der Waals surface area contributed by atoms with Gasteiger partial charge in [-0.05, 0) is 78.9 Å². The zero-order valence-electron chi connectivity index (χ0n) is 23.1. The van der Waals surface area contributed by atoms with E-state index in [4.69, 9.17) is 9.47 Å². The number of ether oxygens (including phenoxy) is 2. The van der Waals surface area contributed by atoms with E-state index < -0.39 is 11.2 Å². The number of nitrogens with zero attached hydrogens (tertiary/aromatic N) is 2. The maximum atomic E-state index is 13.2. The van der Waals surface area contributed by atoms with Gasteiger partial charge in [-0.3, -0.25) is 0 Å². The maximum Gasteiger partial charge on any atom is 0.410 e. The molecule has 0 saturated carbocycles. The number of aromatic amines is 1. The van der Waals surface area contributed by atoms with Crippen LogP contribution in [0.1, 0.15) is 90.4 Å². The Morgan fingerprint density at radius 1 is 0.865 bits per heavy atom. The lowest BCUT2D eigenvalue weighted by molar-refractivity contribution is 0.0160. The number of benzene rings is 1. The zero-order valence-corrected chi connectivity index (χ0v) is 23.1. The molecule has 2 amide bonds. The third kappa shape index (κ3) is 5.17. The summed E-state index contributed by atoms with van der Waals surface area (Å²) in [6.07, 6.45) is 3.31. The summed E-state index contributed by atoms with van der Waals surface area (Å²) in [5.41, 5.74) is 2.44. The number of carbonyl (C=O) groups is 2. The Bertz CT molecular complexity index is 1160. The van der Waals surface area contributed by atoms with Gasteiger partial charge < -0.3 is 29.6 Å². The molecule has 3 aliphatic rings. The molecule has 202 valence electrons. The van der Waals surface area contributed by atoms with Gasteiger partial charge in [0.2, 0.25) is 0 Å². The van der Waals surface area contributed by atoms with Crippen molar-refractivity contribution in [1.82, 2.24) is 20.1 Å². The van der Waals surface area contributed by atoms with Crippen molar-refractivity contribution in [2.75, 3.05) is 19.6 Å². The molecular weight excluding hydrogens is 468 g/mol. The fourth-order valence-electron chi connectivity index (χ4n) is 6.39. The Hall–Kier alpha value is -2.74. The first-order valence-corrected chi connectivity index (χ1v) is 13.8. The van der Waals surface area contributed by atoms with E-state index in [2.05, 4.69) is 28.5 Å². The first-order valence-electron chi connectivity index (χ1n) is 13.8. The van der Waals surface area contributed by atoms with E-state index in [1.807, 2.05) is 57.4 Å². The van der Waals surface area contributed by atoms with Crippen molar-refractivity contribution in [2.45, 2.75) is 102 Å². The van der Waals surface area contributed by atoms with Gasteiger partial charge in [-0.25, -0.2) is 9.59 Å². The maximum absolute atomic E-state index is 13.2. The highest BCUT2D eigenvalue weighted by atomic mass is 16.6. The van der Waals surface area contributed by atoms with Crippen molar-refractivity contribution < 1.29 is 19.1 Å². The number of amides is 2. The lowest BCUT2D eigenvalue weighted by Gasteiger charge is -2.41. The number of aromatic nitrogens is 1. The van der Waals surface area contributed by atoms with Crippen molar-refractivity contribution in [1.29, 1.82) is 0 Å². The van der Waals surface area contributed by atoms with Gasteiger partial charge in [0.15, 0.2) is 0 Å². The predicted molar refractivity (Wildman–Crippen MR) is 144 cm³/mol. The van der Waals surface area contributed by atoms with Crippen molar-refractivity contribution in [3.63, 3.8) is 0 Å². The van der Waals surface area contributed by atoms with Gasteiger partial charge in [-0.1, -0.05) is 18.2 Å². The van der Waals surface area contributed by atoms with E-state index in [1.165, 1.54) is 10.9 Å². The van der Waals surface area contributed by atoms with Crippen molar-refractivity contribution in [2.24, 2.45) is 0 Å². The summed E-state index contributed by atoms with van der Waals surface area (Å²) in [6.45, 7) is 13.6. The monoisotopic (exact) mass is 510 g/mol. The number of likely N-dealkylation sites (tertiary alicyclic amines) is 2. The summed E-state index contributed by atoms with van der Waals surface area (Å²) < 4.78 is 11.5. The Morgan fingerprint density at radius 2 is 1.43 bits per heavy atom. The fourth-order valence-corrected chi connectivity index (χ4v) is 6.39. The van der Waals surface area contributed by atoms with Gasteiger partial charge in [0.25, 0.3) is 0 Å². The molecule has 8 nitrogen and oxygen atoms in total. The second-order valence-electron chi connectivity index (χ2n) is 12.8. The Balaban J connectivity index is 1.49. The highest BCUT2D eigenvalue weighted by Gasteiger charge is 2.46. The molecule has 0 bridgehead atoms. The molecule has 4 heterocycles. The third-order valence-corrected chi connectivity index (χ3v) is 7.72. The highest BCUT2D eigenvalue weighted by Crippen LogP contribution is 2.44. The third-order valence-electron chi connectivity index (χ3n) is 7.72. The minimum atomic E-state index is -0.533. The zero-order chi connectivity index (χ0) is 26.5. The topological polar surface area (TPSA) is 86.9 Å². The van der Waals surface area contributed by atoms with Crippen LogP contribution in [0.25, 0.3) is 10.9 Å². The first kappa shape index (κ1) is 25.9. The highest BCUT2D eigenvalue weighted by molar-refractivity contribution is 5.86. The number of rotatable bonds is 2. The molecule has 2 saturated heterocycles. The molecule has 4 atom stereocenters. The van der Waals surface area contributed by atoms with Gasteiger partial charge in [0, 0.05) is 48.2 Å². The number of nitrogens with one attached hydrogen (secondary N) is 2. The molecule has 2 N–H and O–H groups in total. The number of hydrogen-bond donors (Lipinski definition) is 2. The molecule has 1 aromatic heterocycles. The molecular formula is C29H42N4O4. The Morgan fingerprint density at radius 3 is 2.05 bits per heavy atom. The average Bonchev–Trinajstić information content (AvgIpc) is 3.53. The molecule has 2 unspecified atom stereocenters. The van der Waals surface area contributed by atoms with Crippen LogP contribution in [0.5, 0.6) is 0 Å². The molecule has 1 aromatic carbocycles. The van der Waals surface area contributed by atoms with Crippen LogP contribution in [0, 0.1) is 0 Å². The standard InChI is InChI=1S/C29H42N4O4/c1-28(2,3)36-26(34)32-15-9-13-21(32)19-17-30-24(25-23(19)18-11-7-8-12-20(18)31-25)22-14-10-16-33(22)27(35)37-29(4,5)6/h7-8,11-12,19,21-22,24,30-31H,9-10,13-17H2,1-6H3/t19?,21-,22-,24?/m0/s1. The predicted octanol–water partition coefficient (Wildman–Crippen LogP) is 5.69. The SMILES string of the molecule is CC(C)(C)OC(=O)N1CCC[C@H]1C1CNC([C@@H]2CCCN2C(=O)OC(C)(C)C)c2[nH]c3ccccc3c21. The number of H-pyrrole nitrogens is 1. The van der Waals surface area contributed by atoms with Gasteiger partial charge in [0.1, 0.15) is 11.2 Å². The largest absolute Gasteiger partial charge is 0.444 e. The van der Waals surface area contributed by atoms with Gasteiger partial charge in [0.05, 0.1) is 12.1 Å². The van der Waals surface area contributed by atoms with E-state index in [9.17, 15) is 9.59 Å². The van der Waals surface area contributed by atoms with Gasteiger partial charge >= 0.3 is 12.2 Å². The number of hydrogen-bond acceptors (Lipinski definition) is 5. The minimum Gasteiger partial charge on any atom is -0.444 e. The van der Waals surface area contributed by atoms with Crippen LogP contribution < -0.4 is 5.32 Å². The molecule has 0 spiro atoms. The normalized spacial score (nSPS) is 26.4. The minimum absolute atomic E-state index is 0.00755. The average molecular weight is 511 g/mol. The summed E-state index contributed by atoms with van der Waals surface area (Å²) in [4.78, 5) is 33.8.